The van der Waals surface area contributed by atoms with E-state index in [1.165, 1.54) is 15.6 Å². The molecule has 0 saturated carbocycles. The second kappa shape index (κ2) is 9.06. The molecule has 0 spiro atoms. The summed E-state index contributed by atoms with van der Waals surface area (Å²) in [5.41, 5.74) is 1.61. The minimum atomic E-state index is -3.54. The molecule has 8 nitrogen and oxygen atoms in total. The van der Waals surface area contributed by atoms with E-state index >= 15 is 0 Å². The second-order valence-electron chi connectivity index (χ2n) is 7.90. The normalized spacial score (nSPS) is 20.5. The standard InChI is InChI=1S/C21H24N4O4S3/c26-20(15-3-1-7-25(14-15)32(27,28)19-4-2-12-30-19)22-16-5-6-17-18(13-16)31-21(23-17)24-8-10-29-11-9-24/h2,4-6,12-13,15H,1,3,7-11,14H2,(H,22,26)/t15-/m0/s1. The van der Waals surface area contributed by atoms with Crippen LogP contribution in [0, 0.1) is 5.92 Å². The predicted molar refractivity (Wildman–Crippen MR) is 127 cm³/mol. The SMILES string of the molecule is O=C(Nc1ccc2nc(N3CCOCC3)sc2c1)[C@H]1CCCN(S(=O)(=O)c2cccs2)C1. The molecule has 32 heavy (non-hydrogen) atoms. The van der Waals surface area contributed by atoms with Crippen LogP contribution in [0.3, 0.4) is 0 Å². The number of morpholine rings is 1. The number of sulfonamides is 1. The third-order valence-electron chi connectivity index (χ3n) is 5.77. The molecule has 1 atom stereocenters. The van der Waals surface area contributed by atoms with Crippen LogP contribution in [0.5, 0.6) is 0 Å². The third kappa shape index (κ3) is 4.40. The van der Waals surface area contributed by atoms with Crippen molar-refractivity contribution in [3.63, 3.8) is 0 Å². The van der Waals surface area contributed by atoms with E-state index in [2.05, 4.69) is 10.2 Å². The van der Waals surface area contributed by atoms with Gasteiger partial charge in [0.15, 0.2) is 5.13 Å². The number of thiazole rings is 1. The van der Waals surface area contributed by atoms with Crippen molar-refractivity contribution >= 4 is 59.6 Å². The average Bonchev–Trinajstić information content (AvgIpc) is 3.50. The van der Waals surface area contributed by atoms with Crippen LogP contribution in [-0.2, 0) is 19.6 Å². The fourth-order valence-corrected chi connectivity index (χ4v) is 7.76. The van der Waals surface area contributed by atoms with Gasteiger partial charge in [0.05, 0.1) is 29.3 Å². The maximum absolute atomic E-state index is 13.0. The highest BCUT2D eigenvalue weighted by atomic mass is 32.2. The zero-order valence-corrected chi connectivity index (χ0v) is 19.8. The van der Waals surface area contributed by atoms with Crippen LogP contribution in [0.15, 0.2) is 39.9 Å². The summed E-state index contributed by atoms with van der Waals surface area (Å²) in [6.07, 6.45) is 1.34. The summed E-state index contributed by atoms with van der Waals surface area (Å²) >= 11 is 2.81. The largest absolute Gasteiger partial charge is 0.378 e. The van der Waals surface area contributed by atoms with E-state index in [1.54, 1.807) is 28.8 Å². The first kappa shape index (κ1) is 21.8. The zero-order chi connectivity index (χ0) is 22.1. The minimum Gasteiger partial charge on any atom is -0.378 e. The molecule has 170 valence electrons. The zero-order valence-electron chi connectivity index (χ0n) is 17.4. The van der Waals surface area contributed by atoms with Gasteiger partial charge in [0.2, 0.25) is 5.91 Å². The van der Waals surface area contributed by atoms with Gasteiger partial charge in [-0.15, -0.1) is 11.3 Å². The van der Waals surface area contributed by atoms with Crippen LogP contribution in [0.1, 0.15) is 12.8 Å². The molecule has 5 rings (SSSR count). The molecule has 1 N–H and O–H groups in total. The van der Waals surface area contributed by atoms with E-state index in [9.17, 15) is 13.2 Å². The van der Waals surface area contributed by atoms with Crippen molar-refractivity contribution in [2.24, 2.45) is 5.92 Å². The lowest BCUT2D eigenvalue weighted by Gasteiger charge is -2.30. The molecule has 0 bridgehead atoms. The van der Waals surface area contributed by atoms with Crippen LogP contribution in [0.25, 0.3) is 10.2 Å². The van der Waals surface area contributed by atoms with E-state index in [4.69, 9.17) is 9.72 Å². The van der Waals surface area contributed by atoms with E-state index in [-0.39, 0.29) is 18.4 Å². The van der Waals surface area contributed by atoms with Gasteiger partial charge in [-0.25, -0.2) is 13.4 Å². The Hall–Kier alpha value is -2.05. The summed E-state index contributed by atoms with van der Waals surface area (Å²) in [7, 11) is -3.54. The molecule has 2 fully saturated rings. The number of carbonyl (C=O) groups is 1. The van der Waals surface area contributed by atoms with Crippen LogP contribution in [0.4, 0.5) is 10.8 Å². The molecule has 2 aliphatic heterocycles. The number of aromatic nitrogens is 1. The third-order valence-corrected chi connectivity index (χ3v) is 10.1. The Kier molecular flexibility index (Phi) is 6.17. The molecule has 1 aromatic carbocycles. The Morgan fingerprint density at radius 2 is 2.03 bits per heavy atom. The monoisotopic (exact) mass is 492 g/mol. The van der Waals surface area contributed by atoms with Gasteiger partial charge < -0.3 is 15.0 Å². The Morgan fingerprint density at radius 1 is 1.19 bits per heavy atom. The van der Waals surface area contributed by atoms with Gasteiger partial charge in [-0.1, -0.05) is 17.4 Å². The van der Waals surface area contributed by atoms with E-state index in [0.29, 0.717) is 42.5 Å². The number of ether oxygens (including phenoxy) is 1. The number of nitrogens with one attached hydrogen (secondary N) is 1. The molecule has 0 radical (unpaired) electrons. The summed E-state index contributed by atoms with van der Waals surface area (Å²) in [6, 6.07) is 9.05. The molecule has 4 heterocycles. The Balaban J connectivity index is 1.27. The number of amides is 1. The number of rotatable bonds is 5. The van der Waals surface area contributed by atoms with Crippen molar-refractivity contribution in [1.82, 2.24) is 9.29 Å². The number of thiophene rings is 1. The van der Waals surface area contributed by atoms with Gasteiger partial charge in [0.1, 0.15) is 4.21 Å². The van der Waals surface area contributed by atoms with Crippen molar-refractivity contribution in [2.45, 2.75) is 17.1 Å². The van der Waals surface area contributed by atoms with Crippen molar-refractivity contribution in [3.05, 3.63) is 35.7 Å². The van der Waals surface area contributed by atoms with Crippen LogP contribution in [-0.4, -0.2) is 63.0 Å². The van der Waals surface area contributed by atoms with Gasteiger partial charge in [-0.05, 0) is 42.5 Å². The molecule has 3 aromatic rings. The van der Waals surface area contributed by atoms with Crippen LogP contribution in [0.2, 0.25) is 0 Å². The molecule has 2 aliphatic rings. The number of benzene rings is 1. The molecule has 2 aromatic heterocycles. The summed E-state index contributed by atoms with van der Waals surface area (Å²) < 4.78 is 33.9. The fourth-order valence-electron chi connectivity index (χ4n) is 4.04. The summed E-state index contributed by atoms with van der Waals surface area (Å²) in [6.45, 7) is 3.72. The lowest BCUT2D eigenvalue weighted by Crippen LogP contribution is -2.43. The van der Waals surface area contributed by atoms with Crippen LogP contribution < -0.4 is 10.2 Å². The first-order valence-corrected chi connectivity index (χ1v) is 13.7. The molecule has 2 saturated heterocycles. The number of hydrogen-bond donors (Lipinski definition) is 1. The molecular formula is C21H24N4O4S3. The number of piperidine rings is 1. The maximum atomic E-state index is 13.0. The van der Waals surface area contributed by atoms with E-state index < -0.39 is 10.0 Å². The summed E-state index contributed by atoms with van der Waals surface area (Å²) in [4.78, 5) is 19.9. The Bertz CT molecular complexity index is 1200. The van der Waals surface area contributed by atoms with Gasteiger partial charge in [-0.3, -0.25) is 4.79 Å². The van der Waals surface area contributed by atoms with Gasteiger partial charge >= 0.3 is 0 Å². The first-order valence-electron chi connectivity index (χ1n) is 10.6. The quantitative estimate of drug-likeness (QED) is 0.588. The minimum absolute atomic E-state index is 0.145. The van der Waals surface area contributed by atoms with E-state index in [0.717, 1.165) is 28.4 Å². The highest BCUT2D eigenvalue weighted by molar-refractivity contribution is 7.91. The van der Waals surface area contributed by atoms with E-state index in [1.807, 2.05) is 18.2 Å². The number of hydrogen-bond acceptors (Lipinski definition) is 8. The molecule has 0 aliphatic carbocycles. The number of nitrogens with zero attached hydrogens (tertiary/aromatic N) is 3. The Morgan fingerprint density at radius 3 is 2.81 bits per heavy atom. The van der Waals surface area contributed by atoms with Crippen molar-refractivity contribution in [2.75, 3.05) is 49.6 Å². The lowest BCUT2D eigenvalue weighted by molar-refractivity contribution is -0.120. The van der Waals surface area contributed by atoms with Crippen LogP contribution >= 0.6 is 22.7 Å². The second-order valence-corrected chi connectivity index (χ2v) is 12.0. The number of fused-ring (bicyclic) bond motifs is 1. The van der Waals surface area contributed by atoms with Gasteiger partial charge in [0, 0.05) is 31.9 Å². The maximum Gasteiger partial charge on any atom is 0.252 e. The fraction of sp³-hybridized carbons (Fsp3) is 0.429. The summed E-state index contributed by atoms with van der Waals surface area (Å²) in [5.74, 6) is -0.520. The summed E-state index contributed by atoms with van der Waals surface area (Å²) in [5, 5.41) is 5.70. The Labute approximate surface area is 194 Å². The van der Waals surface area contributed by atoms with Gasteiger partial charge in [0.25, 0.3) is 10.0 Å². The average molecular weight is 493 g/mol. The molecular weight excluding hydrogens is 468 g/mol. The predicted octanol–water partition coefficient (Wildman–Crippen LogP) is 3.23. The first-order chi connectivity index (χ1) is 15.5. The molecule has 0 unspecified atom stereocenters. The molecule has 1 amide bonds. The highest BCUT2D eigenvalue weighted by Gasteiger charge is 2.33. The number of anilines is 2. The smallest absolute Gasteiger partial charge is 0.252 e. The topological polar surface area (TPSA) is 91.8 Å². The number of carbonyl (C=O) groups excluding carboxylic acids is 1. The van der Waals surface area contributed by atoms with Crippen molar-refractivity contribution in [3.8, 4) is 0 Å². The lowest BCUT2D eigenvalue weighted by atomic mass is 9.99. The van der Waals surface area contributed by atoms with Crippen molar-refractivity contribution < 1.29 is 17.9 Å². The van der Waals surface area contributed by atoms with Gasteiger partial charge in [-0.2, -0.15) is 4.31 Å². The highest BCUT2D eigenvalue weighted by Crippen LogP contribution is 2.32. The molecule has 11 heteroatoms. The van der Waals surface area contributed by atoms with Crippen molar-refractivity contribution in [1.29, 1.82) is 0 Å².